The lowest BCUT2D eigenvalue weighted by molar-refractivity contribution is -0.138. The zero-order chi connectivity index (χ0) is 20.6. The number of benzene rings is 1. The average Bonchev–Trinajstić information content (AvgIpc) is 2.63. The first kappa shape index (κ1) is 22.5. The number of rotatable bonds is 4. The van der Waals surface area contributed by atoms with Crippen LogP contribution in [0.3, 0.4) is 0 Å². The van der Waals surface area contributed by atoms with E-state index in [1.54, 1.807) is 6.20 Å². The third kappa shape index (κ3) is 7.66. The Morgan fingerprint density at radius 1 is 1.32 bits per heavy atom. The van der Waals surface area contributed by atoms with Gasteiger partial charge in [-0.15, -0.1) is 0 Å². The molecule has 1 aromatic heterocycles. The molecule has 0 spiro atoms. The van der Waals surface area contributed by atoms with Crippen LogP contribution in [0.4, 0.5) is 4.39 Å². The third-order valence-corrected chi connectivity index (χ3v) is 4.59. The fraction of sp³-hybridized carbons (Fsp3) is 0.429. The first-order valence-electron chi connectivity index (χ1n) is 9.19. The Hall–Kier alpha value is -1.83. The van der Waals surface area contributed by atoms with Crippen molar-refractivity contribution in [3.8, 4) is 0 Å². The Morgan fingerprint density at radius 3 is 2.61 bits per heavy atom. The minimum atomic E-state index is -0.318. The second kappa shape index (κ2) is 10.6. The number of halogens is 2. The van der Waals surface area contributed by atoms with Gasteiger partial charge in [-0.05, 0) is 66.0 Å². The van der Waals surface area contributed by atoms with Gasteiger partial charge in [-0.3, -0.25) is 14.7 Å². The summed E-state index contributed by atoms with van der Waals surface area (Å²) >= 11 is 3.46. The van der Waals surface area contributed by atoms with Crippen LogP contribution in [-0.4, -0.2) is 41.6 Å². The number of carbonyl (C=O) groups excluding carboxylic acids is 1. The van der Waals surface area contributed by atoms with Crippen LogP contribution in [0.2, 0.25) is 0 Å². The molecular weight excluding hydrogens is 425 g/mol. The quantitative estimate of drug-likeness (QED) is 0.709. The van der Waals surface area contributed by atoms with Gasteiger partial charge >= 0.3 is 0 Å². The topological polar surface area (TPSA) is 54.5 Å². The van der Waals surface area contributed by atoms with Crippen molar-refractivity contribution in [2.75, 3.05) is 19.6 Å². The van der Waals surface area contributed by atoms with E-state index in [9.17, 15) is 9.18 Å². The monoisotopic (exact) mass is 451 g/mol. The van der Waals surface area contributed by atoms with Gasteiger partial charge in [-0.2, -0.15) is 0 Å². The van der Waals surface area contributed by atoms with E-state index in [2.05, 4.69) is 41.9 Å². The summed E-state index contributed by atoms with van der Waals surface area (Å²) in [5.74, 6) is -0.190. The lowest BCUT2D eigenvalue weighted by atomic mass is 10.0. The zero-order valence-electron chi connectivity index (χ0n) is 16.5. The van der Waals surface area contributed by atoms with Crippen molar-refractivity contribution in [3.05, 3.63) is 64.1 Å². The van der Waals surface area contributed by atoms with Crippen molar-refractivity contribution in [3.63, 3.8) is 0 Å². The average molecular weight is 452 g/mol. The summed E-state index contributed by atoms with van der Waals surface area (Å²) in [6.07, 6.45) is 3.69. The molecule has 0 radical (unpaired) electrons. The molecule has 152 valence electrons. The second-order valence-electron chi connectivity index (χ2n) is 7.58. The van der Waals surface area contributed by atoms with Gasteiger partial charge in [0.2, 0.25) is 0 Å². The van der Waals surface area contributed by atoms with Crippen LogP contribution in [0, 0.1) is 5.82 Å². The molecule has 1 fully saturated rings. The molecule has 1 saturated heterocycles. The van der Waals surface area contributed by atoms with Crippen LogP contribution in [0.15, 0.2) is 47.2 Å². The normalized spacial score (nSPS) is 17.4. The molecule has 3 rings (SSSR count). The maximum atomic E-state index is 13.1. The molecule has 1 aromatic carbocycles. The molecule has 1 atom stereocenters. The van der Waals surface area contributed by atoms with E-state index in [1.807, 2.05) is 39.1 Å². The van der Waals surface area contributed by atoms with E-state index in [0.717, 1.165) is 36.2 Å². The maximum absolute atomic E-state index is 13.1. The molecule has 1 N–H and O–H groups in total. The van der Waals surface area contributed by atoms with Crippen molar-refractivity contribution in [1.82, 2.24) is 15.2 Å². The molecule has 1 aliphatic heterocycles. The van der Waals surface area contributed by atoms with E-state index < -0.39 is 0 Å². The molecule has 0 saturated carbocycles. The Kier molecular flexibility index (Phi) is 8.54. The highest BCUT2D eigenvalue weighted by Gasteiger charge is 2.23. The summed E-state index contributed by atoms with van der Waals surface area (Å²) < 4.78 is 18.6. The van der Waals surface area contributed by atoms with Gasteiger partial charge in [0, 0.05) is 49.1 Å². The predicted molar refractivity (Wildman–Crippen MR) is 111 cm³/mol. The van der Waals surface area contributed by atoms with E-state index in [0.29, 0.717) is 6.47 Å². The van der Waals surface area contributed by atoms with Gasteiger partial charge < -0.3 is 10.1 Å². The van der Waals surface area contributed by atoms with E-state index in [-0.39, 0.29) is 17.5 Å². The van der Waals surface area contributed by atoms with Gasteiger partial charge in [-0.1, -0.05) is 12.1 Å². The molecule has 1 aliphatic rings. The molecule has 7 heteroatoms. The Morgan fingerprint density at radius 2 is 2.04 bits per heavy atom. The predicted octanol–water partition coefficient (Wildman–Crippen LogP) is 4.09. The number of pyridine rings is 1. The molecule has 28 heavy (non-hydrogen) atoms. The molecule has 5 nitrogen and oxygen atoms in total. The Labute approximate surface area is 174 Å². The summed E-state index contributed by atoms with van der Waals surface area (Å²) in [4.78, 5) is 16.2. The van der Waals surface area contributed by atoms with Crippen LogP contribution in [0.25, 0.3) is 0 Å². The van der Waals surface area contributed by atoms with Gasteiger partial charge in [0.25, 0.3) is 6.47 Å². The SMILES string of the molecule is CC(C)(C)OC=O.Fc1ccc(C2CNCCN2Cc2cncc(Br)c2)cc1. The van der Waals surface area contributed by atoms with E-state index >= 15 is 0 Å². The third-order valence-electron chi connectivity index (χ3n) is 4.16. The van der Waals surface area contributed by atoms with Crippen LogP contribution >= 0.6 is 15.9 Å². The number of ether oxygens (including phenoxy) is 1. The first-order chi connectivity index (χ1) is 13.3. The highest BCUT2D eigenvalue weighted by Crippen LogP contribution is 2.24. The lowest BCUT2D eigenvalue weighted by Crippen LogP contribution is -2.45. The summed E-state index contributed by atoms with van der Waals surface area (Å²) in [6, 6.07) is 9.17. The number of carbonyl (C=O) groups is 1. The number of aromatic nitrogens is 1. The number of hydrogen-bond acceptors (Lipinski definition) is 5. The Balaban J connectivity index is 0.000000345. The van der Waals surface area contributed by atoms with E-state index in [4.69, 9.17) is 0 Å². The summed E-state index contributed by atoms with van der Waals surface area (Å²) in [5.41, 5.74) is 2.01. The maximum Gasteiger partial charge on any atom is 0.293 e. The largest absolute Gasteiger partial charge is 0.462 e. The summed E-state index contributed by atoms with van der Waals surface area (Å²) in [7, 11) is 0. The summed E-state index contributed by atoms with van der Waals surface area (Å²) in [5, 5.41) is 3.41. The molecule has 2 heterocycles. The van der Waals surface area contributed by atoms with Crippen LogP contribution in [0.5, 0.6) is 0 Å². The van der Waals surface area contributed by atoms with Crippen molar-refractivity contribution >= 4 is 22.4 Å². The number of nitrogens with zero attached hydrogens (tertiary/aromatic N) is 2. The van der Waals surface area contributed by atoms with E-state index in [1.165, 1.54) is 17.7 Å². The molecule has 0 aliphatic carbocycles. The number of hydrogen-bond donors (Lipinski definition) is 1. The minimum absolute atomic E-state index is 0.190. The van der Waals surface area contributed by atoms with Crippen LogP contribution in [0.1, 0.15) is 37.9 Å². The fourth-order valence-electron chi connectivity index (χ4n) is 2.87. The van der Waals surface area contributed by atoms with Crippen molar-refractivity contribution in [1.29, 1.82) is 0 Å². The van der Waals surface area contributed by atoms with Gasteiger partial charge in [0.05, 0.1) is 0 Å². The van der Waals surface area contributed by atoms with Crippen molar-refractivity contribution in [2.45, 2.75) is 39.0 Å². The Bertz CT molecular complexity index is 750. The van der Waals surface area contributed by atoms with Crippen molar-refractivity contribution < 1.29 is 13.9 Å². The van der Waals surface area contributed by atoms with Crippen LogP contribution in [-0.2, 0) is 16.1 Å². The standard InChI is InChI=1S/C16H17BrFN3.C5H10O2/c17-14-7-12(8-20-9-14)11-21-6-5-19-10-16(21)13-1-3-15(18)4-2-13;1-5(2,3)7-4-6/h1-4,7-9,16,19H,5-6,10-11H2;4H,1-3H3. The number of piperazine rings is 1. The lowest BCUT2D eigenvalue weighted by Gasteiger charge is -2.36. The highest BCUT2D eigenvalue weighted by atomic mass is 79.9. The first-order valence-corrected chi connectivity index (χ1v) is 9.99. The molecule has 0 amide bonds. The molecule has 0 bridgehead atoms. The zero-order valence-corrected chi connectivity index (χ0v) is 18.1. The second-order valence-corrected chi connectivity index (χ2v) is 8.50. The molecular formula is C21H27BrFN3O2. The van der Waals surface area contributed by atoms with Crippen molar-refractivity contribution in [2.24, 2.45) is 0 Å². The minimum Gasteiger partial charge on any atom is -0.462 e. The fourth-order valence-corrected chi connectivity index (χ4v) is 3.28. The van der Waals surface area contributed by atoms with Gasteiger partial charge in [0.1, 0.15) is 11.4 Å². The molecule has 1 unspecified atom stereocenters. The number of nitrogens with one attached hydrogen (secondary N) is 1. The smallest absolute Gasteiger partial charge is 0.293 e. The van der Waals surface area contributed by atoms with Gasteiger partial charge in [-0.25, -0.2) is 4.39 Å². The summed E-state index contributed by atoms with van der Waals surface area (Å²) in [6.45, 7) is 9.58. The highest BCUT2D eigenvalue weighted by molar-refractivity contribution is 9.10. The van der Waals surface area contributed by atoms with Crippen LogP contribution < -0.4 is 5.32 Å². The molecule has 2 aromatic rings. The van der Waals surface area contributed by atoms with Gasteiger partial charge in [0.15, 0.2) is 0 Å².